The molecule has 0 bridgehead atoms. The van der Waals surface area contributed by atoms with E-state index in [4.69, 9.17) is 4.74 Å². The Kier molecular flexibility index (Phi) is 7.44. The van der Waals surface area contributed by atoms with E-state index >= 15 is 0 Å². The quantitative estimate of drug-likeness (QED) is 0.567. The first kappa shape index (κ1) is 20.2. The molecule has 1 aromatic carbocycles. The van der Waals surface area contributed by atoms with E-state index in [9.17, 15) is 18.0 Å². The molecule has 140 valence electrons. The summed E-state index contributed by atoms with van der Waals surface area (Å²) in [5, 5.41) is 2.30. The maximum atomic E-state index is 12.8. The van der Waals surface area contributed by atoms with Crippen molar-refractivity contribution >= 4 is 27.5 Å². The normalized spacial score (nSPS) is 11.2. The highest BCUT2D eigenvalue weighted by atomic mass is 79.9. The number of aromatic nitrogens is 1. The molecule has 0 fully saturated rings. The predicted octanol–water partition coefficient (Wildman–Crippen LogP) is 5.44. The molecule has 0 spiro atoms. The van der Waals surface area contributed by atoms with E-state index in [0.717, 1.165) is 29.1 Å². The molecule has 1 heterocycles. The lowest BCUT2D eigenvalue weighted by Crippen LogP contribution is -2.16. The summed E-state index contributed by atoms with van der Waals surface area (Å²) in [6.07, 6.45) is -0.428. The van der Waals surface area contributed by atoms with E-state index in [2.05, 4.69) is 26.2 Å². The Morgan fingerprint density at radius 1 is 1.19 bits per heavy atom. The topological polar surface area (TPSA) is 51.2 Å². The number of pyridine rings is 1. The second-order valence-electron chi connectivity index (χ2n) is 5.58. The van der Waals surface area contributed by atoms with Crippen LogP contribution in [-0.4, -0.2) is 17.5 Å². The number of nitrogens with zero attached hydrogens (tertiary/aromatic N) is 1. The van der Waals surface area contributed by atoms with Gasteiger partial charge in [-0.25, -0.2) is 0 Å². The minimum atomic E-state index is -4.55. The summed E-state index contributed by atoms with van der Waals surface area (Å²) >= 11 is 3.36. The van der Waals surface area contributed by atoms with Crippen LogP contribution in [0.2, 0.25) is 0 Å². The zero-order valence-electron chi connectivity index (χ0n) is 13.9. The van der Waals surface area contributed by atoms with E-state index in [0.29, 0.717) is 19.2 Å². The maximum absolute atomic E-state index is 12.8. The average Bonchev–Trinajstić information content (AvgIpc) is 2.57. The molecular formula is C18H18BrF3N2O2. The number of anilines is 1. The number of benzene rings is 1. The van der Waals surface area contributed by atoms with Crippen LogP contribution in [0.5, 0.6) is 5.75 Å². The molecule has 0 aliphatic rings. The first-order valence-corrected chi connectivity index (χ1v) is 8.85. The van der Waals surface area contributed by atoms with Crippen molar-refractivity contribution in [2.24, 2.45) is 0 Å². The highest BCUT2D eigenvalue weighted by Crippen LogP contribution is 2.34. The Balaban J connectivity index is 1.68. The van der Waals surface area contributed by atoms with E-state index in [1.54, 1.807) is 0 Å². The molecule has 0 unspecified atom stereocenters. The lowest BCUT2D eigenvalue weighted by atomic mass is 10.1. The Bertz CT molecular complexity index is 738. The molecule has 0 radical (unpaired) electrons. The van der Waals surface area contributed by atoms with Crippen LogP contribution in [0.15, 0.2) is 47.2 Å². The Morgan fingerprint density at radius 3 is 2.73 bits per heavy atom. The molecule has 26 heavy (non-hydrogen) atoms. The summed E-state index contributed by atoms with van der Waals surface area (Å²) in [6.45, 7) is 0.515. The van der Waals surface area contributed by atoms with Gasteiger partial charge in [-0.3, -0.25) is 9.78 Å². The van der Waals surface area contributed by atoms with Crippen LogP contribution in [0, 0.1) is 0 Å². The summed E-state index contributed by atoms with van der Waals surface area (Å²) < 4.78 is 45.1. The lowest BCUT2D eigenvalue weighted by Gasteiger charge is -2.12. The first-order chi connectivity index (χ1) is 12.4. The third kappa shape index (κ3) is 6.67. The number of carbonyl (C=O) groups is 1. The summed E-state index contributed by atoms with van der Waals surface area (Å²) in [5.74, 6) is 0.309. The SMILES string of the molecule is O=C(CCCCCOc1cccc(Br)c1)Nc1ccncc1C(F)(F)F. The minimum absolute atomic E-state index is 0.149. The molecule has 0 saturated heterocycles. The van der Waals surface area contributed by atoms with Gasteiger partial charge in [0.15, 0.2) is 0 Å². The van der Waals surface area contributed by atoms with Gasteiger partial charge >= 0.3 is 6.18 Å². The summed E-state index contributed by atoms with van der Waals surface area (Å²) in [4.78, 5) is 15.3. The molecule has 0 saturated carbocycles. The fourth-order valence-corrected chi connectivity index (χ4v) is 2.63. The molecule has 1 amide bonds. The van der Waals surface area contributed by atoms with Gasteiger partial charge in [-0.1, -0.05) is 22.0 Å². The van der Waals surface area contributed by atoms with Gasteiger partial charge in [0.05, 0.1) is 17.9 Å². The smallest absolute Gasteiger partial charge is 0.419 e. The van der Waals surface area contributed by atoms with Crippen molar-refractivity contribution in [3.05, 3.63) is 52.8 Å². The number of hydrogen-bond donors (Lipinski definition) is 1. The lowest BCUT2D eigenvalue weighted by molar-refractivity contribution is -0.137. The highest BCUT2D eigenvalue weighted by molar-refractivity contribution is 9.10. The molecule has 1 aromatic heterocycles. The predicted molar refractivity (Wildman–Crippen MR) is 96.0 cm³/mol. The van der Waals surface area contributed by atoms with Gasteiger partial charge < -0.3 is 10.1 Å². The van der Waals surface area contributed by atoms with Crippen LogP contribution < -0.4 is 10.1 Å². The van der Waals surface area contributed by atoms with Crippen molar-refractivity contribution in [3.63, 3.8) is 0 Å². The van der Waals surface area contributed by atoms with E-state index < -0.39 is 17.6 Å². The Hall–Kier alpha value is -2.09. The van der Waals surface area contributed by atoms with Crippen LogP contribution in [0.3, 0.4) is 0 Å². The van der Waals surface area contributed by atoms with Crippen molar-refractivity contribution in [2.45, 2.75) is 31.9 Å². The van der Waals surface area contributed by atoms with Gasteiger partial charge in [0.25, 0.3) is 0 Å². The standard InChI is InChI=1S/C18H18BrF3N2O2/c19-13-5-4-6-14(11-13)26-10-3-1-2-7-17(25)24-16-8-9-23-12-15(16)18(20,21)22/h4-6,8-9,11-12H,1-3,7,10H2,(H,23,24,25). The van der Waals surface area contributed by atoms with Crippen LogP contribution in [0.25, 0.3) is 0 Å². The summed E-state index contributed by atoms with van der Waals surface area (Å²) in [6, 6.07) is 8.63. The van der Waals surface area contributed by atoms with Crippen molar-refractivity contribution in [3.8, 4) is 5.75 Å². The molecule has 8 heteroatoms. The van der Waals surface area contributed by atoms with Crippen LogP contribution >= 0.6 is 15.9 Å². The minimum Gasteiger partial charge on any atom is -0.494 e. The number of halogens is 4. The van der Waals surface area contributed by atoms with Crippen molar-refractivity contribution in [2.75, 3.05) is 11.9 Å². The van der Waals surface area contributed by atoms with Crippen molar-refractivity contribution in [1.82, 2.24) is 4.98 Å². The van der Waals surface area contributed by atoms with Gasteiger partial charge in [-0.2, -0.15) is 13.2 Å². The molecule has 0 aliphatic carbocycles. The first-order valence-electron chi connectivity index (χ1n) is 8.05. The van der Waals surface area contributed by atoms with E-state index in [1.165, 1.54) is 6.20 Å². The number of rotatable bonds is 8. The molecule has 0 atom stereocenters. The number of alkyl halides is 3. The zero-order valence-corrected chi connectivity index (χ0v) is 15.4. The zero-order chi connectivity index (χ0) is 19.0. The van der Waals surface area contributed by atoms with Gasteiger partial charge in [0.1, 0.15) is 5.75 Å². The van der Waals surface area contributed by atoms with Crippen molar-refractivity contribution < 1.29 is 22.7 Å². The second kappa shape index (κ2) is 9.56. The van der Waals surface area contributed by atoms with Gasteiger partial charge in [-0.05, 0) is 43.5 Å². The number of nitrogens with one attached hydrogen (secondary N) is 1. The number of hydrogen-bond acceptors (Lipinski definition) is 3. The monoisotopic (exact) mass is 430 g/mol. The fourth-order valence-electron chi connectivity index (χ4n) is 2.25. The second-order valence-corrected chi connectivity index (χ2v) is 6.50. The van der Waals surface area contributed by atoms with Crippen LogP contribution in [0.1, 0.15) is 31.2 Å². The number of unbranched alkanes of at least 4 members (excludes halogenated alkanes) is 2. The average molecular weight is 431 g/mol. The Morgan fingerprint density at radius 2 is 2.00 bits per heavy atom. The van der Waals surface area contributed by atoms with E-state index in [-0.39, 0.29) is 12.1 Å². The number of amides is 1. The molecule has 2 rings (SSSR count). The summed E-state index contributed by atoms with van der Waals surface area (Å²) in [7, 11) is 0. The van der Waals surface area contributed by atoms with Crippen molar-refractivity contribution in [1.29, 1.82) is 0 Å². The highest BCUT2D eigenvalue weighted by Gasteiger charge is 2.34. The molecule has 0 aliphatic heterocycles. The maximum Gasteiger partial charge on any atom is 0.419 e. The molecule has 4 nitrogen and oxygen atoms in total. The van der Waals surface area contributed by atoms with Crippen LogP contribution in [0.4, 0.5) is 18.9 Å². The third-order valence-electron chi connectivity index (χ3n) is 3.51. The third-order valence-corrected chi connectivity index (χ3v) is 4.01. The number of ether oxygens (including phenoxy) is 1. The summed E-state index contributed by atoms with van der Waals surface area (Å²) in [5.41, 5.74) is -1.22. The molecule has 2 aromatic rings. The van der Waals surface area contributed by atoms with Crippen LogP contribution in [-0.2, 0) is 11.0 Å². The number of carbonyl (C=O) groups excluding carboxylic acids is 1. The van der Waals surface area contributed by atoms with Gasteiger partial charge in [0.2, 0.25) is 5.91 Å². The van der Waals surface area contributed by atoms with E-state index in [1.807, 2.05) is 24.3 Å². The van der Waals surface area contributed by atoms with Gasteiger partial charge in [0, 0.05) is 23.3 Å². The largest absolute Gasteiger partial charge is 0.494 e. The molecule has 1 N–H and O–H groups in total. The molecular weight excluding hydrogens is 413 g/mol. The van der Waals surface area contributed by atoms with Gasteiger partial charge in [-0.15, -0.1) is 0 Å². The fraction of sp³-hybridized carbons (Fsp3) is 0.333. The Labute approximate surface area is 157 Å².